The molecule has 2 saturated heterocycles. The zero-order valence-corrected chi connectivity index (χ0v) is 11.3. The van der Waals surface area contributed by atoms with Gasteiger partial charge in [0.15, 0.2) is 0 Å². The number of nitrogens with zero attached hydrogens (tertiary/aromatic N) is 2. The largest absolute Gasteiger partial charge is 0.396 e. The molecule has 2 aliphatic rings. The molecule has 2 heterocycles. The van der Waals surface area contributed by atoms with Crippen LogP contribution < -0.4 is 0 Å². The molecule has 3 nitrogen and oxygen atoms in total. The van der Waals surface area contributed by atoms with Crippen LogP contribution in [0.4, 0.5) is 0 Å². The fourth-order valence-corrected chi connectivity index (χ4v) is 3.33. The maximum absolute atomic E-state index is 8.79. The van der Waals surface area contributed by atoms with E-state index in [1.54, 1.807) is 0 Å². The Morgan fingerprint density at radius 1 is 1.12 bits per heavy atom. The first-order valence-corrected chi connectivity index (χ1v) is 7.40. The Balaban J connectivity index is 1.74. The van der Waals surface area contributed by atoms with E-state index >= 15 is 0 Å². The quantitative estimate of drug-likeness (QED) is 0.741. The molecule has 3 heteroatoms. The van der Waals surface area contributed by atoms with E-state index < -0.39 is 0 Å². The SMILES string of the molecule is CC1CN2CCCCC2CN1CCCCCO. The zero-order valence-electron chi connectivity index (χ0n) is 11.3. The maximum Gasteiger partial charge on any atom is 0.0431 e. The van der Waals surface area contributed by atoms with Crippen molar-refractivity contribution in [2.45, 2.75) is 57.5 Å². The van der Waals surface area contributed by atoms with E-state index in [4.69, 9.17) is 5.11 Å². The van der Waals surface area contributed by atoms with Crippen molar-refractivity contribution < 1.29 is 5.11 Å². The van der Waals surface area contributed by atoms with Crippen molar-refractivity contribution in [1.82, 2.24) is 9.80 Å². The molecule has 0 aromatic heterocycles. The number of aliphatic hydroxyl groups excluding tert-OH is 1. The summed E-state index contributed by atoms with van der Waals surface area (Å²) in [7, 11) is 0. The summed E-state index contributed by atoms with van der Waals surface area (Å²) in [5, 5.41) is 8.79. The van der Waals surface area contributed by atoms with Crippen molar-refractivity contribution in [3.8, 4) is 0 Å². The van der Waals surface area contributed by atoms with Gasteiger partial charge < -0.3 is 5.11 Å². The third-order valence-electron chi connectivity index (χ3n) is 4.42. The second-order valence-electron chi connectivity index (χ2n) is 5.77. The average molecular weight is 240 g/mol. The molecule has 0 spiro atoms. The maximum atomic E-state index is 8.79. The highest BCUT2D eigenvalue weighted by molar-refractivity contribution is 4.88. The van der Waals surface area contributed by atoms with Gasteiger partial charge in [-0.25, -0.2) is 0 Å². The molecular formula is C14H28N2O. The van der Waals surface area contributed by atoms with E-state index in [9.17, 15) is 0 Å². The molecule has 100 valence electrons. The molecule has 17 heavy (non-hydrogen) atoms. The molecule has 2 unspecified atom stereocenters. The van der Waals surface area contributed by atoms with E-state index in [0.29, 0.717) is 6.61 Å². The number of rotatable bonds is 5. The Labute approximate surface area is 106 Å². The molecule has 0 aliphatic carbocycles. The summed E-state index contributed by atoms with van der Waals surface area (Å²) < 4.78 is 0. The molecule has 0 radical (unpaired) electrons. The Morgan fingerprint density at radius 2 is 2.00 bits per heavy atom. The summed E-state index contributed by atoms with van der Waals surface area (Å²) in [6, 6.07) is 1.55. The molecule has 0 bridgehead atoms. The number of aliphatic hydroxyl groups is 1. The monoisotopic (exact) mass is 240 g/mol. The third-order valence-corrected chi connectivity index (χ3v) is 4.42. The van der Waals surface area contributed by atoms with Gasteiger partial charge in [0.2, 0.25) is 0 Å². The molecule has 0 saturated carbocycles. The van der Waals surface area contributed by atoms with Crippen LogP contribution in [0.1, 0.15) is 45.4 Å². The van der Waals surface area contributed by atoms with E-state index in [1.165, 1.54) is 58.3 Å². The van der Waals surface area contributed by atoms with Crippen LogP contribution in [-0.2, 0) is 0 Å². The second kappa shape index (κ2) is 6.72. The van der Waals surface area contributed by atoms with E-state index in [0.717, 1.165) is 18.5 Å². The van der Waals surface area contributed by atoms with Gasteiger partial charge >= 0.3 is 0 Å². The summed E-state index contributed by atoms with van der Waals surface area (Å²) in [6.07, 6.45) is 7.62. The minimum Gasteiger partial charge on any atom is -0.396 e. The van der Waals surface area contributed by atoms with E-state index in [2.05, 4.69) is 16.7 Å². The lowest BCUT2D eigenvalue weighted by Gasteiger charge is -2.47. The Kier molecular flexibility index (Phi) is 5.26. The molecule has 0 aromatic carbocycles. The molecule has 0 amide bonds. The molecule has 2 aliphatic heterocycles. The minimum absolute atomic E-state index is 0.353. The smallest absolute Gasteiger partial charge is 0.0431 e. The molecular weight excluding hydrogens is 212 g/mol. The summed E-state index contributed by atoms with van der Waals surface area (Å²) in [6.45, 7) is 7.83. The van der Waals surface area contributed by atoms with E-state index in [1.807, 2.05) is 0 Å². The van der Waals surface area contributed by atoms with Gasteiger partial charge in [0, 0.05) is 31.8 Å². The fraction of sp³-hybridized carbons (Fsp3) is 1.00. The van der Waals surface area contributed by atoms with Crippen molar-refractivity contribution >= 4 is 0 Å². The third kappa shape index (κ3) is 3.67. The number of hydrogen-bond donors (Lipinski definition) is 1. The summed E-state index contributed by atoms with van der Waals surface area (Å²) in [5.41, 5.74) is 0. The number of piperazine rings is 1. The standard InChI is InChI=1S/C14H28N2O/c1-13-11-16-9-5-3-7-14(16)12-15(13)8-4-2-6-10-17/h13-14,17H,2-12H2,1H3. The van der Waals surface area contributed by atoms with E-state index in [-0.39, 0.29) is 0 Å². The number of unbranched alkanes of at least 4 members (excludes halogenated alkanes) is 2. The van der Waals surface area contributed by atoms with Crippen LogP contribution in [0.3, 0.4) is 0 Å². The van der Waals surface area contributed by atoms with Gasteiger partial charge in [-0.05, 0) is 52.1 Å². The number of piperidine rings is 1. The molecule has 1 N–H and O–H groups in total. The normalized spacial score (nSPS) is 31.4. The number of hydrogen-bond acceptors (Lipinski definition) is 3. The van der Waals surface area contributed by atoms with Crippen LogP contribution in [0, 0.1) is 0 Å². The van der Waals surface area contributed by atoms with Crippen LogP contribution in [0.15, 0.2) is 0 Å². The predicted octanol–water partition coefficient (Wildman–Crippen LogP) is 1.71. The average Bonchev–Trinajstić information content (AvgIpc) is 2.35. The highest BCUT2D eigenvalue weighted by atomic mass is 16.2. The van der Waals surface area contributed by atoms with Crippen molar-refractivity contribution in [3.05, 3.63) is 0 Å². The number of fused-ring (bicyclic) bond motifs is 1. The first-order valence-electron chi connectivity index (χ1n) is 7.40. The van der Waals surface area contributed by atoms with Gasteiger partial charge in [-0.1, -0.05) is 6.42 Å². The Morgan fingerprint density at radius 3 is 2.82 bits per heavy atom. The van der Waals surface area contributed by atoms with Crippen LogP contribution >= 0.6 is 0 Å². The topological polar surface area (TPSA) is 26.7 Å². The highest BCUT2D eigenvalue weighted by Gasteiger charge is 2.32. The van der Waals surface area contributed by atoms with Crippen molar-refractivity contribution in [2.24, 2.45) is 0 Å². The predicted molar refractivity (Wildman–Crippen MR) is 71.2 cm³/mol. The highest BCUT2D eigenvalue weighted by Crippen LogP contribution is 2.24. The minimum atomic E-state index is 0.353. The van der Waals surface area contributed by atoms with Crippen molar-refractivity contribution in [1.29, 1.82) is 0 Å². The Bertz CT molecular complexity index is 222. The molecule has 0 aromatic rings. The lowest BCUT2D eigenvalue weighted by molar-refractivity contribution is 0.0145. The van der Waals surface area contributed by atoms with Crippen LogP contribution in [-0.4, -0.2) is 59.8 Å². The molecule has 2 atom stereocenters. The zero-order chi connectivity index (χ0) is 12.1. The summed E-state index contributed by atoms with van der Waals surface area (Å²) >= 11 is 0. The van der Waals surface area contributed by atoms with Gasteiger partial charge in [0.1, 0.15) is 0 Å². The molecule has 2 fully saturated rings. The van der Waals surface area contributed by atoms with Crippen LogP contribution in [0.5, 0.6) is 0 Å². The van der Waals surface area contributed by atoms with Gasteiger partial charge in [-0.3, -0.25) is 9.80 Å². The van der Waals surface area contributed by atoms with Gasteiger partial charge in [-0.15, -0.1) is 0 Å². The van der Waals surface area contributed by atoms with Crippen molar-refractivity contribution in [3.63, 3.8) is 0 Å². The summed E-state index contributed by atoms with van der Waals surface area (Å²) in [4.78, 5) is 5.38. The van der Waals surface area contributed by atoms with Gasteiger partial charge in [0.05, 0.1) is 0 Å². The van der Waals surface area contributed by atoms with Crippen LogP contribution in [0.25, 0.3) is 0 Å². The first-order chi connectivity index (χ1) is 8.31. The Hall–Kier alpha value is -0.120. The fourth-order valence-electron chi connectivity index (χ4n) is 3.33. The second-order valence-corrected chi connectivity index (χ2v) is 5.77. The van der Waals surface area contributed by atoms with Crippen LogP contribution in [0.2, 0.25) is 0 Å². The first kappa shape index (κ1) is 13.3. The van der Waals surface area contributed by atoms with Gasteiger partial charge in [-0.2, -0.15) is 0 Å². The van der Waals surface area contributed by atoms with Crippen molar-refractivity contribution in [2.75, 3.05) is 32.8 Å². The van der Waals surface area contributed by atoms with Gasteiger partial charge in [0.25, 0.3) is 0 Å². The lowest BCUT2D eigenvalue weighted by atomic mass is 9.97. The molecule has 2 rings (SSSR count). The summed E-state index contributed by atoms with van der Waals surface area (Å²) in [5.74, 6) is 0. The lowest BCUT2D eigenvalue weighted by Crippen LogP contribution is -2.58.